The van der Waals surface area contributed by atoms with Crippen molar-refractivity contribution >= 4 is 17.5 Å². The summed E-state index contributed by atoms with van der Waals surface area (Å²) in [7, 11) is 1.65. The molecule has 106 valence electrons. The van der Waals surface area contributed by atoms with Crippen molar-refractivity contribution in [3.05, 3.63) is 34.3 Å². The summed E-state index contributed by atoms with van der Waals surface area (Å²) in [6.45, 7) is 3.01. The first-order chi connectivity index (χ1) is 9.60. The largest absolute Gasteiger partial charge is 0.362 e. The maximum Gasteiger partial charge on any atom is 0.329 e. The zero-order chi connectivity index (χ0) is 14.5. The van der Waals surface area contributed by atoms with Gasteiger partial charge >= 0.3 is 5.69 Å². The van der Waals surface area contributed by atoms with E-state index in [9.17, 15) is 10.1 Å². The van der Waals surface area contributed by atoms with Gasteiger partial charge in [-0.05, 0) is 12.5 Å². The molecular weight excluding hydrogens is 262 g/mol. The van der Waals surface area contributed by atoms with Crippen LogP contribution >= 0.6 is 0 Å². The third kappa shape index (κ3) is 3.19. The van der Waals surface area contributed by atoms with E-state index in [2.05, 4.69) is 25.7 Å². The van der Waals surface area contributed by atoms with Gasteiger partial charge in [0.25, 0.3) is 0 Å². The molecule has 0 atom stereocenters. The Morgan fingerprint density at radius 3 is 2.85 bits per heavy atom. The van der Waals surface area contributed by atoms with E-state index in [1.54, 1.807) is 17.9 Å². The maximum atomic E-state index is 10.9. The van der Waals surface area contributed by atoms with Crippen LogP contribution in [0, 0.1) is 17.0 Å². The molecule has 0 spiro atoms. The van der Waals surface area contributed by atoms with Crippen molar-refractivity contribution in [1.82, 2.24) is 19.7 Å². The molecule has 0 aromatic carbocycles. The van der Waals surface area contributed by atoms with Gasteiger partial charge in [-0.15, -0.1) is 0 Å². The van der Waals surface area contributed by atoms with Crippen molar-refractivity contribution in [3.8, 4) is 0 Å². The molecule has 9 heteroatoms. The summed E-state index contributed by atoms with van der Waals surface area (Å²) in [5.41, 5.74) is 0.913. The lowest BCUT2D eigenvalue weighted by atomic mass is 10.4. The highest BCUT2D eigenvalue weighted by atomic mass is 16.6. The van der Waals surface area contributed by atoms with Crippen LogP contribution in [0.3, 0.4) is 0 Å². The fourth-order valence-electron chi connectivity index (χ4n) is 1.64. The number of hydrogen-bond donors (Lipinski definition) is 2. The van der Waals surface area contributed by atoms with Gasteiger partial charge in [0.15, 0.2) is 0 Å². The quantitative estimate of drug-likeness (QED) is 0.599. The summed E-state index contributed by atoms with van der Waals surface area (Å²) in [6, 6.07) is 0. The van der Waals surface area contributed by atoms with Crippen LogP contribution in [0.4, 0.5) is 17.5 Å². The predicted octanol–water partition coefficient (Wildman–Crippen LogP) is 1.04. The zero-order valence-corrected chi connectivity index (χ0v) is 11.2. The van der Waals surface area contributed by atoms with E-state index in [0.717, 1.165) is 5.56 Å². The lowest BCUT2D eigenvalue weighted by molar-refractivity contribution is -0.384. The molecule has 0 aliphatic rings. The molecular formula is C11H15N7O2. The molecule has 0 saturated carbocycles. The molecule has 0 fully saturated rings. The second kappa shape index (κ2) is 5.95. The van der Waals surface area contributed by atoms with Gasteiger partial charge in [-0.1, -0.05) is 0 Å². The van der Waals surface area contributed by atoms with E-state index in [0.29, 0.717) is 19.0 Å². The van der Waals surface area contributed by atoms with E-state index in [1.807, 2.05) is 13.1 Å². The molecule has 0 saturated heterocycles. The van der Waals surface area contributed by atoms with Gasteiger partial charge in [-0.2, -0.15) is 10.1 Å². The Hall–Kier alpha value is -2.71. The van der Waals surface area contributed by atoms with Crippen molar-refractivity contribution in [2.45, 2.75) is 13.5 Å². The molecule has 0 aliphatic heterocycles. The number of nitro groups is 1. The topological polar surface area (TPSA) is 111 Å². The fraction of sp³-hybridized carbons (Fsp3) is 0.364. The standard InChI is InChI=1S/C11H15N7O2/c1-8-5-15-17(7-8)4-3-13-10-9(18(19)20)6-14-11(12-2)16-10/h5-7H,3-4H2,1-2H3,(H2,12,13,14,16). The van der Waals surface area contributed by atoms with Gasteiger partial charge in [0.05, 0.1) is 17.7 Å². The smallest absolute Gasteiger partial charge is 0.329 e. The van der Waals surface area contributed by atoms with Crippen molar-refractivity contribution in [2.24, 2.45) is 0 Å². The van der Waals surface area contributed by atoms with Crippen LogP contribution in [-0.4, -0.2) is 38.3 Å². The molecule has 0 aliphatic carbocycles. The van der Waals surface area contributed by atoms with E-state index in [1.165, 1.54) is 6.20 Å². The summed E-state index contributed by atoms with van der Waals surface area (Å²) < 4.78 is 1.76. The molecule has 0 bridgehead atoms. The molecule has 2 heterocycles. The van der Waals surface area contributed by atoms with Crippen LogP contribution in [0.1, 0.15) is 5.56 Å². The number of aryl methyl sites for hydroxylation is 1. The van der Waals surface area contributed by atoms with Gasteiger partial charge < -0.3 is 10.6 Å². The Morgan fingerprint density at radius 2 is 2.25 bits per heavy atom. The molecule has 2 N–H and O–H groups in total. The molecule has 20 heavy (non-hydrogen) atoms. The Morgan fingerprint density at radius 1 is 1.45 bits per heavy atom. The van der Waals surface area contributed by atoms with Gasteiger partial charge in [0.1, 0.15) is 6.20 Å². The van der Waals surface area contributed by atoms with Crippen LogP contribution in [0.15, 0.2) is 18.6 Å². The minimum atomic E-state index is -0.514. The summed E-state index contributed by atoms with van der Waals surface area (Å²) in [5, 5.41) is 20.7. The molecule has 0 amide bonds. The van der Waals surface area contributed by atoms with Crippen LogP contribution in [-0.2, 0) is 6.54 Å². The lowest BCUT2D eigenvalue weighted by Gasteiger charge is -2.07. The van der Waals surface area contributed by atoms with Crippen LogP contribution < -0.4 is 10.6 Å². The Kier molecular flexibility index (Phi) is 4.08. The second-order valence-electron chi connectivity index (χ2n) is 4.14. The highest BCUT2D eigenvalue weighted by molar-refractivity contribution is 5.56. The normalized spacial score (nSPS) is 10.3. The molecule has 2 rings (SSSR count). The monoisotopic (exact) mass is 277 g/mol. The Balaban J connectivity index is 2.05. The predicted molar refractivity (Wildman–Crippen MR) is 73.7 cm³/mol. The van der Waals surface area contributed by atoms with E-state index in [-0.39, 0.29) is 11.5 Å². The van der Waals surface area contributed by atoms with Crippen molar-refractivity contribution in [2.75, 3.05) is 24.2 Å². The van der Waals surface area contributed by atoms with Gasteiger partial charge in [-0.3, -0.25) is 14.8 Å². The Labute approximate surface area is 115 Å². The van der Waals surface area contributed by atoms with Gasteiger partial charge in [0.2, 0.25) is 11.8 Å². The van der Waals surface area contributed by atoms with Crippen molar-refractivity contribution in [1.29, 1.82) is 0 Å². The maximum absolute atomic E-state index is 10.9. The molecule has 2 aromatic heterocycles. The van der Waals surface area contributed by atoms with E-state index < -0.39 is 4.92 Å². The molecule has 0 radical (unpaired) electrons. The fourth-order valence-corrected chi connectivity index (χ4v) is 1.64. The van der Waals surface area contributed by atoms with Gasteiger partial charge in [-0.25, -0.2) is 4.98 Å². The molecule has 0 unspecified atom stereocenters. The van der Waals surface area contributed by atoms with Crippen LogP contribution in [0.2, 0.25) is 0 Å². The number of nitrogens with zero attached hydrogens (tertiary/aromatic N) is 5. The summed E-state index contributed by atoms with van der Waals surface area (Å²) in [5.74, 6) is 0.520. The van der Waals surface area contributed by atoms with Crippen LogP contribution in [0.25, 0.3) is 0 Å². The highest BCUT2D eigenvalue weighted by Gasteiger charge is 2.16. The second-order valence-corrected chi connectivity index (χ2v) is 4.14. The SMILES string of the molecule is CNc1ncc([N+](=O)[O-])c(NCCn2cc(C)cn2)n1. The number of anilines is 2. The number of aromatic nitrogens is 4. The van der Waals surface area contributed by atoms with E-state index >= 15 is 0 Å². The number of rotatable bonds is 6. The average molecular weight is 277 g/mol. The Bertz CT molecular complexity index is 611. The highest BCUT2D eigenvalue weighted by Crippen LogP contribution is 2.21. The lowest BCUT2D eigenvalue weighted by Crippen LogP contribution is -2.13. The minimum absolute atomic E-state index is 0.152. The van der Waals surface area contributed by atoms with Crippen molar-refractivity contribution < 1.29 is 4.92 Å². The van der Waals surface area contributed by atoms with Crippen LogP contribution in [0.5, 0.6) is 0 Å². The molecule has 9 nitrogen and oxygen atoms in total. The summed E-state index contributed by atoms with van der Waals surface area (Å²) in [6.07, 6.45) is 4.83. The third-order valence-corrected chi connectivity index (χ3v) is 2.59. The van der Waals surface area contributed by atoms with Gasteiger partial charge in [0, 0.05) is 19.8 Å². The summed E-state index contributed by atoms with van der Waals surface area (Å²) in [4.78, 5) is 18.3. The number of nitrogens with one attached hydrogen (secondary N) is 2. The van der Waals surface area contributed by atoms with E-state index in [4.69, 9.17) is 0 Å². The first-order valence-corrected chi connectivity index (χ1v) is 6.02. The average Bonchev–Trinajstić information content (AvgIpc) is 2.84. The van der Waals surface area contributed by atoms with Crippen molar-refractivity contribution in [3.63, 3.8) is 0 Å². The third-order valence-electron chi connectivity index (χ3n) is 2.59. The number of hydrogen-bond acceptors (Lipinski definition) is 7. The summed E-state index contributed by atoms with van der Waals surface area (Å²) >= 11 is 0. The minimum Gasteiger partial charge on any atom is -0.362 e. The first kappa shape index (κ1) is 13.7. The molecule has 2 aromatic rings. The first-order valence-electron chi connectivity index (χ1n) is 6.02. The zero-order valence-electron chi connectivity index (χ0n) is 11.2.